The third kappa shape index (κ3) is 4.22. The van der Waals surface area contributed by atoms with E-state index in [0.29, 0.717) is 12.1 Å². The summed E-state index contributed by atoms with van der Waals surface area (Å²) in [5.74, 6) is -1.69. The lowest BCUT2D eigenvalue weighted by molar-refractivity contribution is -0.895. The Hall–Kier alpha value is -2.99. The van der Waals surface area contributed by atoms with Gasteiger partial charge in [0.05, 0.1) is 32.2 Å². The number of nitrogens with one attached hydrogen (secondary N) is 1. The van der Waals surface area contributed by atoms with Crippen LogP contribution in [-0.4, -0.2) is 47.8 Å². The van der Waals surface area contributed by atoms with Gasteiger partial charge in [0.25, 0.3) is 5.91 Å². The Kier molecular flexibility index (Phi) is 6.44. The van der Waals surface area contributed by atoms with Crippen molar-refractivity contribution in [2.75, 3.05) is 26.2 Å². The van der Waals surface area contributed by atoms with Gasteiger partial charge in [0, 0.05) is 18.0 Å². The smallest absolute Gasteiger partial charge is 0.295 e. The third-order valence-corrected chi connectivity index (χ3v) is 5.57. The molecule has 0 saturated carbocycles. The Bertz CT molecular complexity index is 903. The van der Waals surface area contributed by atoms with Crippen molar-refractivity contribution in [2.45, 2.75) is 26.8 Å². The van der Waals surface area contributed by atoms with Crippen molar-refractivity contribution in [1.29, 1.82) is 0 Å². The molecule has 152 valence electrons. The summed E-state index contributed by atoms with van der Waals surface area (Å²) in [5.41, 5.74) is 2.20. The summed E-state index contributed by atoms with van der Waals surface area (Å²) >= 11 is 0. The second kappa shape index (κ2) is 9.01. The van der Waals surface area contributed by atoms with Gasteiger partial charge in [-0.1, -0.05) is 35.6 Å². The molecule has 29 heavy (non-hydrogen) atoms. The molecule has 0 aliphatic carbocycles. The van der Waals surface area contributed by atoms with Gasteiger partial charge >= 0.3 is 0 Å². The summed E-state index contributed by atoms with van der Waals surface area (Å²) in [6.45, 7) is 9.13. The van der Waals surface area contributed by atoms with E-state index in [1.54, 1.807) is 41.6 Å². The van der Waals surface area contributed by atoms with Gasteiger partial charge < -0.3 is 14.9 Å². The molecule has 1 amide bonds. The van der Waals surface area contributed by atoms with E-state index in [-0.39, 0.29) is 11.3 Å². The largest absolute Gasteiger partial charge is 0.872 e. The minimum atomic E-state index is -0.702. The fourth-order valence-electron chi connectivity index (χ4n) is 3.74. The molecule has 1 unspecified atom stereocenters. The summed E-state index contributed by atoms with van der Waals surface area (Å²) in [5, 5.41) is 13.2. The molecule has 6 nitrogen and oxygen atoms in total. The number of ketones is 1. The fourth-order valence-corrected chi connectivity index (χ4v) is 3.74. The highest BCUT2D eigenvalue weighted by Gasteiger charge is 2.44. The number of hydrogen-bond acceptors (Lipinski definition) is 4. The van der Waals surface area contributed by atoms with E-state index in [4.69, 9.17) is 0 Å². The maximum atomic E-state index is 13.2. The number of hydrogen-bond donors (Lipinski definition) is 1. The van der Waals surface area contributed by atoms with E-state index in [2.05, 4.69) is 18.8 Å². The van der Waals surface area contributed by atoms with Crippen LogP contribution in [0.5, 0.6) is 0 Å². The zero-order chi connectivity index (χ0) is 21.0. The summed E-state index contributed by atoms with van der Waals surface area (Å²) in [7, 11) is 0. The number of Topliss-reactive ketones (excluding diaryl/α,β-unsaturated/α-hetero) is 1. The van der Waals surface area contributed by atoms with Gasteiger partial charge in [-0.25, -0.2) is 0 Å². The molecule has 1 aliphatic heterocycles. The van der Waals surface area contributed by atoms with Gasteiger partial charge in [0.1, 0.15) is 0 Å². The van der Waals surface area contributed by atoms with Crippen LogP contribution < -0.4 is 10.0 Å². The molecule has 0 bridgehead atoms. The lowest BCUT2D eigenvalue weighted by Gasteiger charge is -2.28. The number of aromatic nitrogens is 1. The number of benzene rings is 1. The Balaban J connectivity index is 2.06. The maximum Gasteiger partial charge on any atom is 0.295 e. The van der Waals surface area contributed by atoms with E-state index in [9.17, 15) is 14.7 Å². The van der Waals surface area contributed by atoms with Crippen molar-refractivity contribution in [3.8, 4) is 0 Å². The van der Waals surface area contributed by atoms with Crippen LogP contribution in [0.25, 0.3) is 5.76 Å². The predicted molar refractivity (Wildman–Crippen MR) is 109 cm³/mol. The van der Waals surface area contributed by atoms with Crippen LogP contribution in [0.15, 0.2) is 54.4 Å². The number of amides is 1. The van der Waals surface area contributed by atoms with Gasteiger partial charge in [0.15, 0.2) is 0 Å². The Morgan fingerprint density at radius 2 is 1.69 bits per heavy atom. The van der Waals surface area contributed by atoms with Gasteiger partial charge in [-0.3, -0.25) is 14.6 Å². The lowest BCUT2D eigenvalue weighted by atomic mass is 9.95. The number of carbonyl (C=O) groups is 2. The first kappa shape index (κ1) is 20.7. The second-order valence-corrected chi connectivity index (χ2v) is 7.33. The summed E-state index contributed by atoms with van der Waals surface area (Å²) in [4.78, 5) is 32.7. The standard InChI is InChI=1S/C23H27N3O3/c1-4-25(5-2)14-15-26-20(17-10-12-24-13-11-17)19(22(28)23(26)29)21(27)18-8-6-16(3)7-9-18/h6-13,20,27H,4-5,14-15H2,1-3H3. The van der Waals surface area contributed by atoms with Gasteiger partial charge in [-0.15, -0.1) is 0 Å². The fraction of sp³-hybridized carbons (Fsp3) is 0.348. The number of carbonyl (C=O) groups excluding carboxylic acids is 2. The number of likely N-dealkylation sites (tertiary alicyclic amines) is 1. The molecular weight excluding hydrogens is 366 g/mol. The first-order valence-corrected chi connectivity index (χ1v) is 10.0. The van der Waals surface area contributed by atoms with E-state index >= 15 is 0 Å². The number of pyridine rings is 1. The summed E-state index contributed by atoms with van der Waals surface area (Å²) in [6, 6.07) is 9.91. The van der Waals surface area contributed by atoms with Crippen LogP contribution in [0.1, 0.15) is 36.6 Å². The number of likely N-dealkylation sites (N-methyl/N-ethyl adjacent to an activating group) is 1. The quantitative estimate of drug-likeness (QED) is 0.423. The maximum absolute atomic E-state index is 13.2. The monoisotopic (exact) mass is 393 g/mol. The Morgan fingerprint density at radius 1 is 1.07 bits per heavy atom. The molecular formula is C23H27N3O3. The Morgan fingerprint density at radius 3 is 2.28 bits per heavy atom. The number of rotatable bonds is 7. The van der Waals surface area contributed by atoms with E-state index in [0.717, 1.165) is 30.8 Å². The summed E-state index contributed by atoms with van der Waals surface area (Å²) in [6.07, 6.45) is 3.23. The minimum Gasteiger partial charge on any atom is -0.872 e. The molecule has 2 heterocycles. The Labute approximate surface area is 171 Å². The highest BCUT2D eigenvalue weighted by molar-refractivity contribution is 6.46. The highest BCUT2D eigenvalue weighted by Crippen LogP contribution is 2.38. The SMILES string of the molecule is CC[NH+](CC)CCN1C(=O)C(=O)C(=C([O-])c2ccc(C)cc2)C1c1ccncc1. The molecule has 0 radical (unpaired) electrons. The first-order chi connectivity index (χ1) is 14.0. The predicted octanol–water partition coefficient (Wildman–Crippen LogP) is 0.539. The molecule has 1 aromatic heterocycles. The molecule has 3 rings (SSSR count). The average Bonchev–Trinajstić information content (AvgIpc) is 3.00. The lowest BCUT2D eigenvalue weighted by Crippen LogP contribution is -3.12. The molecule has 1 fully saturated rings. The van der Waals surface area contributed by atoms with Crippen molar-refractivity contribution in [1.82, 2.24) is 9.88 Å². The van der Waals surface area contributed by atoms with E-state index < -0.39 is 17.7 Å². The summed E-state index contributed by atoms with van der Waals surface area (Å²) < 4.78 is 0. The normalized spacial score (nSPS) is 18.6. The molecule has 0 spiro atoms. The van der Waals surface area contributed by atoms with Gasteiger partial charge in [-0.05, 0) is 44.0 Å². The van der Waals surface area contributed by atoms with Crippen LogP contribution >= 0.6 is 0 Å². The van der Waals surface area contributed by atoms with Crippen molar-refractivity contribution < 1.29 is 19.6 Å². The van der Waals surface area contributed by atoms with Crippen LogP contribution in [0.4, 0.5) is 0 Å². The van der Waals surface area contributed by atoms with Gasteiger partial charge in [0.2, 0.25) is 5.78 Å². The highest BCUT2D eigenvalue weighted by atomic mass is 16.3. The first-order valence-electron chi connectivity index (χ1n) is 10.0. The number of quaternary nitrogens is 1. The molecule has 1 N–H and O–H groups in total. The minimum absolute atomic E-state index is 0.0274. The molecule has 2 aromatic rings. The van der Waals surface area contributed by atoms with Crippen molar-refractivity contribution in [3.63, 3.8) is 0 Å². The second-order valence-electron chi connectivity index (χ2n) is 7.33. The number of aryl methyl sites for hydroxylation is 1. The molecule has 1 atom stereocenters. The molecule has 1 saturated heterocycles. The average molecular weight is 393 g/mol. The van der Waals surface area contributed by atoms with Crippen molar-refractivity contribution >= 4 is 17.4 Å². The molecule has 6 heteroatoms. The van der Waals surface area contributed by atoms with Crippen LogP contribution in [-0.2, 0) is 9.59 Å². The number of nitrogens with zero attached hydrogens (tertiary/aromatic N) is 2. The van der Waals surface area contributed by atoms with E-state index in [1.165, 1.54) is 4.90 Å². The third-order valence-electron chi connectivity index (χ3n) is 5.57. The zero-order valence-electron chi connectivity index (χ0n) is 17.1. The molecule has 1 aliphatic rings. The van der Waals surface area contributed by atoms with E-state index in [1.807, 2.05) is 19.1 Å². The van der Waals surface area contributed by atoms with Crippen molar-refractivity contribution in [3.05, 3.63) is 71.1 Å². The van der Waals surface area contributed by atoms with Crippen molar-refractivity contribution in [2.24, 2.45) is 0 Å². The van der Waals surface area contributed by atoms with Crippen LogP contribution in [0.3, 0.4) is 0 Å². The van der Waals surface area contributed by atoms with Crippen LogP contribution in [0, 0.1) is 6.92 Å². The zero-order valence-corrected chi connectivity index (χ0v) is 17.1. The topological polar surface area (TPSA) is 77.8 Å². The van der Waals surface area contributed by atoms with Crippen LogP contribution in [0.2, 0.25) is 0 Å². The van der Waals surface area contributed by atoms with Gasteiger partial charge in [-0.2, -0.15) is 0 Å². The molecule has 1 aromatic carbocycles.